The van der Waals surface area contributed by atoms with Crippen LogP contribution in [0.2, 0.25) is 0 Å². The minimum Gasteiger partial charge on any atom is -0.456 e. The van der Waals surface area contributed by atoms with Gasteiger partial charge in [0.15, 0.2) is 0 Å². The van der Waals surface area contributed by atoms with Gasteiger partial charge in [-0.15, -0.1) is 11.3 Å². The standard InChI is InChI=1S/C31H47N5O8S2/c1-17(2)23-26(39)43-19(12-10-11-13-45-27(40)24(18(3)4)35-29(42)44-30(5,6)7)14-21(37)32-15-22-33-20(16-46-22)25(38)36-31(8,9)28(41)34-23/h10,12,16-19,23-24H,11,13-15H2,1-9H3,(H,32,37)(H,34,41)(H,35,42)(H,36,38)/b12-10+/t19-,23+,24?/m1/s1. The van der Waals surface area contributed by atoms with Crippen LogP contribution in [0.4, 0.5) is 4.79 Å². The third-order valence-electron chi connectivity index (χ3n) is 6.55. The fourth-order valence-corrected chi connectivity index (χ4v) is 5.70. The monoisotopic (exact) mass is 681 g/mol. The van der Waals surface area contributed by atoms with Gasteiger partial charge in [0.2, 0.25) is 16.9 Å². The summed E-state index contributed by atoms with van der Waals surface area (Å²) in [5.41, 5.74) is -1.96. The number of thioether (sulfide) groups is 1. The van der Waals surface area contributed by atoms with E-state index >= 15 is 0 Å². The van der Waals surface area contributed by atoms with Gasteiger partial charge in [0.1, 0.15) is 40.0 Å². The second-order valence-electron chi connectivity index (χ2n) is 13.1. The number of esters is 1. The van der Waals surface area contributed by atoms with Crippen molar-refractivity contribution in [2.75, 3.05) is 5.75 Å². The Hall–Kier alpha value is -3.46. The Kier molecular flexibility index (Phi) is 14.2. The molecule has 46 heavy (non-hydrogen) atoms. The van der Waals surface area contributed by atoms with E-state index in [9.17, 15) is 28.8 Å². The van der Waals surface area contributed by atoms with Gasteiger partial charge in [0.05, 0.1) is 13.0 Å². The summed E-state index contributed by atoms with van der Waals surface area (Å²) in [5.74, 6) is -2.46. The lowest BCUT2D eigenvalue weighted by Crippen LogP contribution is -2.59. The second kappa shape index (κ2) is 16.9. The van der Waals surface area contributed by atoms with Crippen molar-refractivity contribution in [1.82, 2.24) is 26.3 Å². The van der Waals surface area contributed by atoms with Gasteiger partial charge in [-0.3, -0.25) is 19.2 Å². The molecule has 1 unspecified atom stereocenters. The highest BCUT2D eigenvalue weighted by Gasteiger charge is 2.36. The number of cyclic esters (lactones) is 1. The minimum absolute atomic E-state index is 0.0623. The van der Waals surface area contributed by atoms with Gasteiger partial charge < -0.3 is 30.7 Å². The van der Waals surface area contributed by atoms with Crippen molar-refractivity contribution in [2.24, 2.45) is 11.8 Å². The zero-order valence-corrected chi connectivity index (χ0v) is 29.6. The summed E-state index contributed by atoms with van der Waals surface area (Å²) in [5, 5.41) is 12.5. The molecular weight excluding hydrogens is 635 g/mol. The molecule has 0 aliphatic carbocycles. The van der Waals surface area contributed by atoms with Crippen LogP contribution >= 0.6 is 23.1 Å². The fourth-order valence-electron chi connectivity index (χ4n) is 4.02. The number of rotatable bonds is 8. The summed E-state index contributed by atoms with van der Waals surface area (Å²) < 4.78 is 11.0. The lowest BCUT2D eigenvalue weighted by Gasteiger charge is -2.29. The number of allylic oxidation sites excluding steroid dienone is 1. The van der Waals surface area contributed by atoms with E-state index in [1.807, 2.05) is 13.8 Å². The van der Waals surface area contributed by atoms with Crippen LogP contribution in [0, 0.1) is 11.8 Å². The van der Waals surface area contributed by atoms with Crippen LogP contribution in [0.15, 0.2) is 17.5 Å². The van der Waals surface area contributed by atoms with Crippen molar-refractivity contribution in [3.8, 4) is 0 Å². The van der Waals surface area contributed by atoms with Crippen molar-refractivity contribution in [1.29, 1.82) is 0 Å². The molecule has 1 aliphatic rings. The van der Waals surface area contributed by atoms with Gasteiger partial charge in [-0.2, -0.15) is 0 Å². The van der Waals surface area contributed by atoms with Crippen molar-refractivity contribution in [2.45, 2.75) is 111 Å². The summed E-state index contributed by atoms with van der Waals surface area (Å²) in [7, 11) is 0. The summed E-state index contributed by atoms with van der Waals surface area (Å²) in [6.45, 7) is 15.4. The van der Waals surface area contributed by atoms with Crippen LogP contribution in [-0.4, -0.2) is 75.0 Å². The second-order valence-corrected chi connectivity index (χ2v) is 15.2. The van der Waals surface area contributed by atoms with E-state index in [4.69, 9.17) is 9.47 Å². The smallest absolute Gasteiger partial charge is 0.408 e. The molecule has 4 N–H and O–H groups in total. The van der Waals surface area contributed by atoms with Crippen LogP contribution in [0.5, 0.6) is 0 Å². The van der Waals surface area contributed by atoms with E-state index in [1.165, 1.54) is 30.6 Å². The lowest BCUT2D eigenvalue weighted by atomic mass is 9.99. The molecular formula is C31H47N5O8S2. The van der Waals surface area contributed by atoms with Gasteiger partial charge >= 0.3 is 12.1 Å². The average Bonchev–Trinajstić information content (AvgIpc) is 3.40. The molecule has 3 atom stereocenters. The summed E-state index contributed by atoms with van der Waals surface area (Å²) in [6, 6.07) is -1.79. The first-order valence-corrected chi connectivity index (χ1v) is 17.0. The number of ether oxygens (including phenoxy) is 2. The number of amides is 4. The van der Waals surface area contributed by atoms with E-state index in [-0.39, 0.29) is 35.6 Å². The highest BCUT2D eigenvalue weighted by molar-refractivity contribution is 8.13. The van der Waals surface area contributed by atoms with E-state index in [2.05, 4.69) is 26.3 Å². The molecule has 0 saturated carbocycles. The highest BCUT2D eigenvalue weighted by Crippen LogP contribution is 2.18. The maximum atomic E-state index is 13.3. The molecule has 1 aromatic rings. The van der Waals surface area contributed by atoms with Crippen LogP contribution in [0.1, 0.15) is 90.7 Å². The Labute approximate surface area is 278 Å². The number of hydrogen-bond acceptors (Lipinski definition) is 11. The van der Waals surface area contributed by atoms with Gasteiger partial charge in [-0.25, -0.2) is 14.6 Å². The Bertz CT molecular complexity index is 1300. The van der Waals surface area contributed by atoms with E-state index < -0.39 is 59.1 Å². The minimum atomic E-state index is -1.37. The molecule has 2 rings (SSSR count). The molecule has 0 fully saturated rings. The van der Waals surface area contributed by atoms with E-state index in [1.54, 1.807) is 46.8 Å². The molecule has 4 amide bonds. The highest BCUT2D eigenvalue weighted by atomic mass is 32.2. The number of aromatic nitrogens is 1. The van der Waals surface area contributed by atoms with Gasteiger partial charge in [-0.1, -0.05) is 45.5 Å². The lowest BCUT2D eigenvalue weighted by molar-refractivity contribution is -0.153. The van der Waals surface area contributed by atoms with Crippen LogP contribution in [0.3, 0.4) is 0 Å². The van der Waals surface area contributed by atoms with Crippen molar-refractivity contribution in [3.63, 3.8) is 0 Å². The van der Waals surface area contributed by atoms with Gasteiger partial charge in [0.25, 0.3) is 5.91 Å². The van der Waals surface area contributed by atoms with E-state index in [0.717, 1.165) is 11.8 Å². The molecule has 0 radical (unpaired) electrons. The Balaban J connectivity index is 2.15. The number of hydrogen-bond donors (Lipinski definition) is 4. The fraction of sp³-hybridized carbons (Fsp3) is 0.645. The molecule has 0 spiro atoms. The zero-order chi connectivity index (χ0) is 34.8. The summed E-state index contributed by atoms with van der Waals surface area (Å²) in [6.07, 6.45) is 1.87. The largest absolute Gasteiger partial charge is 0.456 e. The molecule has 0 saturated heterocycles. The molecule has 0 aromatic carbocycles. The molecule has 1 aromatic heterocycles. The third-order valence-corrected chi connectivity index (χ3v) is 8.38. The number of alkyl carbamates (subject to hydrolysis) is 1. The molecule has 256 valence electrons. The maximum Gasteiger partial charge on any atom is 0.408 e. The van der Waals surface area contributed by atoms with E-state index in [0.29, 0.717) is 17.2 Å². The Morgan fingerprint density at radius 3 is 2.48 bits per heavy atom. The Morgan fingerprint density at radius 2 is 1.87 bits per heavy atom. The number of carbonyl (C=O) groups excluding carboxylic acids is 6. The predicted molar refractivity (Wildman–Crippen MR) is 176 cm³/mol. The predicted octanol–water partition coefficient (Wildman–Crippen LogP) is 3.48. The first-order valence-electron chi connectivity index (χ1n) is 15.2. The van der Waals surface area contributed by atoms with Crippen molar-refractivity contribution >= 4 is 58.0 Å². The molecule has 13 nitrogen and oxygen atoms in total. The number of fused-ring (bicyclic) bond motifs is 2. The number of nitrogens with zero attached hydrogens (tertiary/aromatic N) is 1. The van der Waals surface area contributed by atoms with Crippen LogP contribution in [-0.2, 0) is 35.2 Å². The Morgan fingerprint density at radius 1 is 1.20 bits per heavy atom. The van der Waals surface area contributed by atoms with Crippen LogP contribution in [0.25, 0.3) is 0 Å². The molecule has 2 heterocycles. The first kappa shape index (κ1) is 38.7. The van der Waals surface area contributed by atoms with Gasteiger partial charge in [0, 0.05) is 11.1 Å². The summed E-state index contributed by atoms with van der Waals surface area (Å²) >= 11 is 2.24. The quantitative estimate of drug-likeness (QED) is 0.180. The third kappa shape index (κ3) is 12.7. The molecule has 15 heteroatoms. The molecule has 1 aliphatic heterocycles. The zero-order valence-electron chi connectivity index (χ0n) is 28.0. The van der Waals surface area contributed by atoms with Gasteiger partial charge in [-0.05, 0) is 59.0 Å². The first-order chi connectivity index (χ1) is 21.3. The number of thiazole rings is 1. The topological polar surface area (TPSA) is 182 Å². The molecule has 2 bridgehead atoms. The average molecular weight is 682 g/mol. The number of carbonyl (C=O) groups is 6. The SMILES string of the molecule is CC(C)C(NC(=O)OC(C)(C)C)C(=O)SCC/C=C/[C@@H]1CC(=O)NCc2nc(cs2)C(=O)NC(C)(C)C(=O)N[C@@H](C(C)C)C(=O)O1. The maximum absolute atomic E-state index is 13.3. The van der Waals surface area contributed by atoms with Crippen molar-refractivity contribution in [3.05, 3.63) is 28.2 Å². The number of nitrogens with one attached hydrogen (secondary N) is 4. The summed E-state index contributed by atoms with van der Waals surface area (Å²) in [4.78, 5) is 81.3. The normalized spacial score (nSPS) is 20.5. The van der Waals surface area contributed by atoms with Crippen LogP contribution < -0.4 is 21.3 Å². The van der Waals surface area contributed by atoms with Crippen molar-refractivity contribution < 1.29 is 38.2 Å².